The Kier molecular flexibility index (Phi) is 6.43. The van der Waals surface area contributed by atoms with Gasteiger partial charge >= 0.3 is 0 Å². The summed E-state index contributed by atoms with van der Waals surface area (Å²) in [5.74, 6) is -2.67. The largest absolute Gasteiger partial charge is 0.266 e. The van der Waals surface area contributed by atoms with E-state index in [0.717, 1.165) is 26.2 Å². The van der Waals surface area contributed by atoms with Crippen LogP contribution >= 0.6 is 0 Å². The fraction of sp³-hybridized carbons (Fsp3) is 0.667. The van der Waals surface area contributed by atoms with E-state index < -0.39 is 5.92 Å². The molecule has 0 rings (SSSR count). The molecule has 0 nitrogen and oxygen atoms in total. The van der Waals surface area contributed by atoms with E-state index >= 15 is 0 Å². The monoisotopic (exact) mass is 202 g/mol. The van der Waals surface area contributed by atoms with Crippen LogP contribution in [0.25, 0.3) is 0 Å². The van der Waals surface area contributed by atoms with Gasteiger partial charge in [0.15, 0.2) is 0 Å². The van der Waals surface area contributed by atoms with Crippen molar-refractivity contribution in [2.75, 3.05) is 0 Å². The zero-order chi connectivity index (χ0) is 11.0. The molecule has 0 aliphatic rings. The van der Waals surface area contributed by atoms with Gasteiger partial charge in [0.25, 0.3) is 5.92 Å². The van der Waals surface area contributed by atoms with Gasteiger partial charge in [0.2, 0.25) is 0 Å². The second-order valence-corrected chi connectivity index (χ2v) is 3.56. The second kappa shape index (κ2) is 6.74. The molecule has 0 aromatic heterocycles. The molecule has 0 heterocycles. The maximum absolute atomic E-state index is 13.0. The van der Waals surface area contributed by atoms with Crippen LogP contribution in [0, 0.1) is 0 Å². The number of hydrogen-bond acceptors (Lipinski definition) is 0. The van der Waals surface area contributed by atoms with E-state index in [1.165, 1.54) is 6.08 Å². The summed E-state index contributed by atoms with van der Waals surface area (Å²) in [4.78, 5) is 0. The van der Waals surface area contributed by atoms with Crippen LogP contribution in [0.5, 0.6) is 0 Å². The molecule has 0 N–H and O–H groups in total. The molecule has 0 saturated heterocycles. The Morgan fingerprint density at radius 1 is 1.29 bits per heavy atom. The van der Waals surface area contributed by atoms with Gasteiger partial charge in [0, 0.05) is 6.92 Å². The Morgan fingerprint density at radius 3 is 2.36 bits per heavy atom. The normalized spacial score (nSPS) is 13.9. The van der Waals surface area contributed by atoms with Crippen molar-refractivity contribution >= 4 is 0 Å². The van der Waals surface area contributed by atoms with Gasteiger partial charge in [-0.2, -0.15) is 0 Å². The molecule has 0 radical (unpaired) electrons. The predicted molar refractivity (Wildman–Crippen MR) is 57.7 cm³/mol. The van der Waals surface area contributed by atoms with E-state index in [0.29, 0.717) is 6.42 Å². The number of halogens is 2. The molecule has 0 amide bonds. The van der Waals surface area contributed by atoms with E-state index in [9.17, 15) is 8.78 Å². The number of unbranched alkanes of at least 4 members (excludes halogenated alkanes) is 2. The molecule has 0 spiro atoms. The van der Waals surface area contributed by atoms with E-state index in [1.54, 1.807) is 12.2 Å². The lowest BCUT2D eigenvalue weighted by Gasteiger charge is -2.14. The molecule has 0 saturated carbocycles. The maximum atomic E-state index is 13.0. The standard InChI is InChI=1S/C12H20F2/c1-4-6-8-10-11(9-7-5-2)12(3,13)14/h5,7,9H,4,6,8,10H2,1-3H3. The number of hydrogen-bond donors (Lipinski definition) is 0. The average Bonchev–Trinajstić information content (AvgIpc) is 2.09. The van der Waals surface area contributed by atoms with Crippen LogP contribution in [0.3, 0.4) is 0 Å². The zero-order valence-electron chi connectivity index (χ0n) is 9.32. The van der Waals surface area contributed by atoms with Gasteiger partial charge in [-0.05, 0) is 25.3 Å². The van der Waals surface area contributed by atoms with Gasteiger partial charge in [0.05, 0.1) is 0 Å². The first kappa shape index (κ1) is 13.3. The molecule has 0 unspecified atom stereocenters. The first-order chi connectivity index (χ1) is 6.52. The first-order valence-electron chi connectivity index (χ1n) is 5.22. The highest BCUT2D eigenvalue weighted by Gasteiger charge is 2.25. The molecule has 0 aromatic carbocycles. The van der Waals surface area contributed by atoms with Crippen molar-refractivity contribution in [1.82, 2.24) is 0 Å². The molecular formula is C12H20F2. The van der Waals surface area contributed by atoms with Crippen molar-refractivity contribution < 1.29 is 8.78 Å². The highest BCUT2D eigenvalue weighted by atomic mass is 19.3. The fourth-order valence-electron chi connectivity index (χ4n) is 1.23. The van der Waals surface area contributed by atoms with Crippen molar-refractivity contribution in [2.24, 2.45) is 0 Å². The fourth-order valence-corrected chi connectivity index (χ4v) is 1.23. The Hall–Kier alpha value is -0.660. The van der Waals surface area contributed by atoms with Gasteiger partial charge in [-0.25, -0.2) is 8.78 Å². The molecule has 0 fully saturated rings. The van der Waals surface area contributed by atoms with Crippen LogP contribution in [0.4, 0.5) is 8.78 Å². The van der Waals surface area contributed by atoms with Crippen molar-refractivity contribution in [2.45, 2.75) is 52.4 Å². The molecule has 82 valence electrons. The minimum absolute atomic E-state index is 0.240. The molecule has 0 aliphatic carbocycles. The smallest absolute Gasteiger partial charge is 0.202 e. The summed E-state index contributed by atoms with van der Waals surface area (Å²) >= 11 is 0. The van der Waals surface area contributed by atoms with Gasteiger partial charge in [-0.1, -0.05) is 38.0 Å². The summed E-state index contributed by atoms with van der Waals surface area (Å²) in [6, 6.07) is 0. The van der Waals surface area contributed by atoms with Gasteiger partial charge < -0.3 is 0 Å². The Bertz CT molecular complexity index is 197. The number of allylic oxidation sites excluding steroid dienone is 4. The molecule has 14 heavy (non-hydrogen) atoms. The number of rotatable bonds is 6. The molecule has 2 heteroatoms. The van der Waals surface area contributed by atoms with Gasteiger partial charge in [-0.15, -0.1) is 0 Å². The lowest BCUT2D eigenvalue weighted by Crippen LogP contribution is -2.13. The van der Waals surface area contributed by atoms with E-state index in [2.05, 4.69) is 6.92 Å². The zero-order valence-corrected chi connectivity index (χ0v) is 9.32. The number of alkyl halides is 2. The third kappa shape index (κ3) is 5.90. The minimum Gasteiger partial charge on any atom is -0.202 e. The summed E-state index contributed by atoms with van der Waals surface area (Å²) in [5.41, 5.74) is 0.240. The topological polar surface area (TPSA) is 0 Å². The van der Waals surface area contributed by atoms with Crippen LogP contribution in [-0.2, 0) is 0 Å². The molecular weight excluding hydrogens is 182 g/mol. The van der Waals surface area contributed by atoms with Gasteiger partial charge in [-0.3, -0.25) is 0 Å². The highest BCUT2D eigenvalue weighted by molar-refractivity contribution is 5.18. The summed E-state index contributed by atoms with van der Waals surface area (Å²) in [6.45, 7) is 4.86. The van der Waals surface area contributed by atoms with Gasteiger partial charge in [0.1, 0.15) is 0 Å². The Balaban J connectivity index is 4.27. The SMILES string of the molecule is CC=CC=C(CCCCC)C(C)(F)F. The van der Waals surface area contributed by atoms with Crippen LogP contribution in [0.15, 0.2) is 23.8 Å². The van der Waals surface area contributed by atoms with Crippen LogP contribution in [0.1, 0.15) is 46.5 Å². The van der Waals surface area contributed by atoms with E-state index in [4.69, 9.17) is 0 Å². The first-order valence-corrected chi connectivity index (χ1v) is 5.22. The third-order valence-corrected chi connectivity index (χ3v) is 2.10. The van der Waals surface area contributed by atoms with Crippen molar-refractivity contribution in [3.63, 3.8) is 0 Å². The predicted octanol–water partition coefficient (Wildman–Crippen LogP) is 4.72. The van der Waals surface area contributed by atoms with Crippen LogP contribution in [0.2, 0.25) is 0 Å². The summed E-state index contributed by atoms with van der Waals surface area (Å²) < 4.78 is 26.1. The lowest BCUT2D eigenvalue weighted by molar-refractivity contribution is 0.0592. The molecule has 0 aliphatic heterocycles. The molecule has 0 atom stereocenters. The van der Waals surface area contributed by atoms with Crippen molar-refractivity contribution in [1.29, 1.82) is 0 Å². The van der Waals surface area contributed by atoms with Crippen LogP contribution < -0.4 is 0 Å². The maximum Gasteiger partial charge on any atom is 0.266 e. The average molecular weight is 202 g/mol. The molecule has 0 aromatic rings. The Labute approximate surface area is 85.7 Å². The van der Waals surface area contributed by atoms with E-state index in [-0.39, 0.29) is 5.57 Å². The third-order valence-electron chi connectivity index (χ3n) is 2.10. The van der Waals surface area contributed by atoms with Crippen LogP contribution in [-0.4, -0.2) is 5.92 Å². The minimum atomic E-state index is -2.67. The van der Waals surface area contributed by atoms with E-state index in [1.807, 2.05) is 6.92 Å². The summed E-state index contributed by atoms with van der Waals surface area (Å²) in [6.07, 6.45) is 8.42. The quantitative estimate of drug-likeness (QED) is 0.431. The molecule has 0 bridgehead atoms. The Morgan fingerprint density at radius 2 is 1.93 bits per heavy atom. The van der Waals surface area contributed by atoms with Crippen molar-refractivity contribution in [3.05, 3.63) is 23.8 Å². The second-order valence-electron chi connectivity index (χ2n) is 3.56. The highest BCUT2D eigenvalue weighted by Crippen LogP contribution is 2.27. The van der Waals surface area contributed by atoms with Crippen molar-refractivity contribution in [3.8, 4) is 0 Å². The lowest BCUT2D eigenvalue weighted by atomic mass is 10.0. The summed E-state index contributed by atoms with van der Waals surface area (Å²) in [7, 11) is 0. The summed E-state index contributed by atoms with van der Waals surface area (Å²) in [5, 5.41) is 0.